The molecule has 1 N–H and O–H groups in total. The molecule has 0 aliphatic heterocycles. The van der Waals surface area contributed by atoms with Crippen molar-refractivity contribution in [3.8, 4) is 0 Å². The summed E-state index contributed by atoms with van der Waals surface area (Å²) in [5, 5.41) is 9.45. The summed E-state index contributed by atoms with van der Waals surface area (Å²) in [7, 11) is 0. The summed E-state index contributed by atoms with van der Waals surface area (Å²) in [6.07, 6.45) is 12.0. The van der Waals surface area contributed by atoms with Crippen LogP contribution < -0.4 is 0 Å². The van der Waals surface area contributed by atoms with E-state index >= 15 is 0 Å². The van der Waals surface area contributed by atoms with Gasteiger partial charge in [-0.25, -0.2) is 0 Å². The predicted octanol–water partition coefficient (Wildman–Crippen LogP) is 5.62. The Labute approximate surface area is 155 Å². The molecule has 25 heavy (non-hydrogen) atoms. The quantitative estimate of drug-likeness (QED) is 0.703. The molecule has 0 radical (unpaired) electrons. The van der Waals surface area contributed by atoms with Crippen molar-refractivity contribution in [3.63, 3.8) is 0 Å². The van der Waals surface area contributed by atoms with Crippen LogP contribution in [0.25, 0.3) is 0 Å². The highest BCUT2D eigenvalue weighted by Gasteiger charge is 2.59. The SMILES string of the molecule is CC.C[C@]12CC[C@H]3[C@@H](CCC4CC(=O)CC[C@@]43C)[C@@H]1CC[C@@H]2CCO. The maximum Gasteiger partial charge on any atom is 0.133 e. The Balaban J connectivity index is 0.000000880. The van der Waals surface area contributed by atoms with E-state index in [1.54, 1.807) is 0 Å². The Morgan fingerprint density at radius 2 is 1.68 bits per heavy atom. The lowest BCUT2D eigenvalue weighted by molar-refractivity contribution is -0.139. The van der Waals surface area contributed by atoms with E-state index in [2.05, 4.69) is 13.8 Å². The molecule has 4 rings (SSSR count). The highest BCUT2D eigenvalue weighted by Crippen LogP contribution is 2.67. The molecule has 0 aromatic heterocycles. The Hall–Kier alpha value is -0.370. The average molecular weight is 349 g/mol. The van der Waals surface area contributed by atoms with Gasteiger partial charge in [-0.1, -0.05) is 27.7 Å². The molecule has 1 unspecified atom stereocenters. The third-order valence-electron chi connectivity index (χ3n) is 9.16. The summed E-state index contributed by atoms with van der Waals surface area (Å²) in [4.78, 5) is 11.9. The topological polar surface area (TPSA) is 37.3 Å². The van der Waals surface area contributed by atoms with Crippen LogP contribution in [-0.2, 0) is 4.79 Å². The van der Waals surface area contributed by atoms with Crippen LogP contribution in [0.3, 0.4) is 0 Å². The van der Waals surface area contributed by atoms with E-state index in [4.69, 9.17) is 0 Å². The van der Waals surface area contributed by atoms with Crippen LogP contribution in [0.5, 0.6) is 0 Å². The van der Waals surface area contributed by atoms with Gasteiger partial charge >= 0.3 is 0 Å². The molecule has 0 aromatic rings. The normalized spacial score (nSPS) is 48.7. The van der Waals surface area contributed by atoms with Crippen LogP contribution in [0.15, 0.2) is 0 Å². The average Bonchev–Trinajstić information content (AvgIpc) is 2.94. The van der Waals surface area contributed by atoms with E-state index in [-0.39, 0.29) is 0 Å². The Bertz CT molecular complexity index is 486. The van der Waals surface area contributed by atoms with Crippen molar-refractivity contribution in [2.45, 2.75) is 91.9 Å². The first-order chi connectivity index (χ1) is 12.0. The summed E-state index contributed by atoms with van der Waals surface area (Å²) in [6.45, 7) is 9.44. The fourth-order valence-electron chi connectivity index (χ4n) is 7.78. The zero-order chi connectivity index (χ0) is 18.2. The number of carbonyl (C=O) groups excluding carboxylic acids is 1. The first-order valence-electron chi connectivity index (χ1n) is 11.1. The van der Waals surface area contributed by atoms with E-state index in [1.807, 2.05) is 13.8 Å². The van der Waals surface area contributed by atoms with Crippen LogP contribution in [0.4, 0.5) is 0 Å². The van der Waals surface area contributed by atoms with Gasteiger partial charge in [0.05, 0.1) is 0 Å². The van der Waals surface area contributed by atoms with Crippen molar-refractivity contribution >= 4 is 5.78 Å². The largest absolute Gasteiger partial charge is 0.396 e. The van der Waals surface area contributed by atoms with Gasteiger partial charge in [-0.05, 0) is 91.8 Å². The van der Waals surface area contributed by atoms with Crippen molar-refractivity contribution in [3.05, 3.63) is 0 Å². The molecule has 0 saturated heterocycles. The molecule has 4 fully saturated rings. The van der Waals surface area contributed by atoms with Gasteiger partial charge in [0.25, 0.3) is 0 Å². The number of rotatable bonds is 2. The standard InChI is InChI=1S/C21H34O2.C2H6/c1-20-11-8-19-17(18(20)6-4-14(20)9-12-22)5-3-15-13-16(23)7-10-21(15,19)2;1-2/h14-15,17-19,22H,3-13H2,1-2H3;1-2H3/t14-,15?,17+,18+,19+,20-,21+;/m1./s1. The maximum absolute atomic E-state index is 11.9. The van der Waals surface area contributed by atoms with Gasteiger partial charge in [0.2, 0.25) is 0 Å². The van der Waals surface area contributed by atoms with E-state index in [0.29, 0.717) is 29.1 Å². The van der Waals surface area contributed by atoms with Crippen LogP contribution in [0, 0.1) is 40.4 Å². The van der Waals surface area contributed by atoms with Crippen LogP contribution >= 0.6 is 0 Å². The summed E-state index contributed by atoms with van der Waals surface area (Å²) in [5.74, 6) is 4.58. The van der Waals surface area contributed by atoms with Crippen LogP contribution in [0.1, 0.15) is 91.9 Å². The van der Waals surface area contributed by atoms with Gasteiger partial charge in [0.15, 0.2) is 0 Å². The molecule has 7 atom stereocenters. The molecule has 2 nitrogen and oxygen atoms in total. The summed E-state index contributed by atoms with van der Waals surface area (Å²) < 4.78 is 0. The van der Waals surface area contributed by atoms with Gasteiger partial charge in [-0.3, -0.25) is 4.79 Å². The number of Topliss-reactive ketones (excluding diaryl/α,β-unsaturated/α-hetero) is 1. The predicted molar refractivity (Wildman–Crippen MR) is 103 cm³/mol. The smallest absolute Gasteiger partial charge is 0.133 e. The highest BCUT2D eigenvalue weighted by atomic mass is 16.3. The molecule has 2 heteroatoms. The van der Waals surface area contributed by atoms with Crippen LogP contribution in [0.2, 0.25) is 0 Å². The summed E-state index contributed by atoms with van der Waals surface area (Å²) in [5.41, 5.74) is 0.921. The minimum absolute atomic E-state index is 0.364. The zero-order valence-electron chi connectivity index (χ0n) is 17.0. The number of hydrogen-bond acceptors (Lipinski definition) is 2. The number of hydrogen-bond donors (Lipinski definition) is 1. The molecule has 0 aromatic carbocycles. The monoisotopic (exact) mass is 348 g/mol. The second-order valence-electron chi connectivity index (χ2n) is 9.73. The lowest BCUT2D eigenvalue weighted by atomic mass is 9.44. The molecule has 0 heterocycles. The van der Waals surface area contributed by atoms with Crippen molar-refractivity contribution in [2.24, 2.45) is 40.4 Å². The highest BCUT2D eigenvalue weighted by molar-refractivity contribution is 5.79. The number of ketones is 1. The summed E-state index contributed by atoms with van der Waals surface area (Å²) >= 11 is 0. The molecule has 4 aliphatic rings. The van der Waals surface area contributed by atoms with Crippen molar-refractivity contribution in [1.29, 1.82) is 0 Å². The van der Waals surface area contributed by atoms with Crippen molar-refractivity contribution in [1.82, 2.24) is 0 Å². The molecular formula is C23H40O2. The van der Waals surface area contributed by atoms with E-state index in [9.17, 15) is 9.90 Å². The molecule has 0 spiro atoms. The third-order valence-corrected chi connectivity index (χ3v) is 9.16. The first kappa shape index (κ1) is 19.4. The second-order valence-corrected chi connectivity index (χ2v) is 9.73. The fourth-order valence-corrected chi connectivity index (χ4v) is 7.78. The fraction of sp³-hybridized carbons (Fsp3) is 0.957. The zero-order valence-corrected chi connectivity index (χ0v) is 17.0. The molecule has 144 valence electrons. The molecule has 0 bridgehead atoms. The number of fused-ring (bicyclic) bond motifs is 5. The molecule has 0 amide bonds. The van der Waals surface area contributed by atoms with Gasteiger partial charge < -0.3 is 5.11 Å². The van der Waals surface area contributed by atoms with Gasteiger partial charge in [-0.15, -0.1) is 0 Å². The Morgan fingerprint density at radius 1 is 0.960 bits per heavy atom. The molecular weight excluding hydrogens is 308 g/mol. The van der Waals surface area contributed by atoms with Crippen molar-refractivity contribution < 1.29 is 9.90 Å². The Kier molecular flexibility index (Phi) is 5.69. The van der Waals surface area contributed by atoms with E-state index in [0.717, 1.165) is 49.4 Å². The van der Waals surface area contributed by atoms with Crippen molar-refractivity contribution in [2.75, 3.05) is 6.61 Å². The first-order valence-corrected chi connectivity index (χ1v) is 11.1. The van der Waals surface area contributed by atoms with Gasteiger partial charge in [0.1, 0.15) is 5.78 Å². The molecule has 4 saturated carbocycles. The van der Waals surface area contributed by atoms with E-state index < -0.39 is 0 Å². The van der Waals surface area contributed by atoms with Gasteiger partial charge in [-0.2, -0.15) is 0 Å². The lowest BCUT2D eigenvalue weighted by Gasteiger charge is -2.60. The maximum atomic E-state index is 11.9. The minimum Gasteiger partial charge on any atom is -0.396 e. The number of aliphatic hydroxyl groups excluding tert-OH is 1. The van der Waals surface area contributed by atoms with E-state index in [1.165, 1.54) is 38.5 Å². The second kappa shape index (κ2) is 7.33. The minimum atomic E-state index is 0.364. The summed E-state index contributed by atoms with van der Waals surface area (Å²) in [6, 6.07) is 0. The Morgan fingerprint density at radius 3 is 2.40 bits per heavy atom. The van der Waals surface area contributed by atoms with Gasteiger partial charge in [0, 0.05) is 19.4 Å². The third kappa shape index (κ3) is 3.01. The lowest BCUT2D eigenvalue weighted by Crippen LogP contribution is -2.53. The number of aliphatic hydroxyl groups is 1. The number of carbonyl (C=O) groups is 1. The van der Waals surface area contributed by atoms with Crippen LogP contribution in [-0.4, -0.2) is 17.5 Å². The molecule has 4 aliphatic carbocycles.